The maximum atomic E-state index is 13.0. The van der Waals surface area contributed by atoms with Crippen LogP contribution in [0.5, 0.6) is 5.75 Å². The van der Waals surface area contributed by atoms with Gasteiger partial charge < -0.3 is 14.5 Å². The van der Waals surface area contributed by atoms with Crippen molar-refractivity contribution < 1.29 is 9.53 Å². The molecule has 8 heteroatoms. The molecule has 1 amide bonds. The predicted octanol–water partition coefficient (Wildman–Crippen LogP) is 4.61. The fourth-order valence-corrected chi connectivity index (χ4v) is 5.30. The molecule has 0 saturated carbocycles. The molecule has 0 spiro atoms. The van der Waals surface area contributed by atoms with Crippen molar-refractivity contribution in [3.05, 3.63) is 65.9 Å². The lowest BCUT2D eigenvalue weighted by Gasteiger charge is -2.25. The van der Waals surface area contributed by atoms with Crippen LogP contribution in [0.1, 0.15) is 24.6 Å². The Morgan fingerprint density at radius 3 is 2.53 bits per heavy atom. The van der Waals surface area contributed by atoms with Gasteiger partial charge in [-0.05, 0) is 51.5 Å². The number of fused-ring (bicyclic) bond motifs is 1. The van der Waals surface area contributed by atoms with E-state index < -0.39 is 6.10 Å². The zero-order valence-corrected chi connectivity index (χ0v) is 20.6. The predicted molar refractivity (Wildman–Crippen MR) is 136 cm³/mol. The summed E-state index contributed by atoms with van der Waals surface area (Å²) in [6.07, 6.45) is 0.377. The number of para-hydroxylation sites is 1. The second kappa shape index (κ2) is 9.46. The molecule has 176 valence electrons. The Bertz CT molecular complexity index is 1280. The maximum absolute atomic E-state index is 13.0. The number of aryl methyl sites for hydroxylation is 2. The van der Waals surface area contributed by atoms with E-state index >= 15 is 0 Å². The first kappa shape index (κ1) is 22.4. The molecule has 0 radical (unpaired) electrons. The molecule has 1 aliphatic heterocycles. The Morgan fingerprint density at radius 2 is 1.76 bits per heavy atom. The number of aromatic nitrogens is 3. The van der Waals surface area contributed by atoms with Crippen molar-refractivity contribution in [1.29, 1.82) is 0 Å². The first-order valence-electron chi connectivity index (χ1n) is 11.7. The van der Waals surface area contributed by atoms with Crippen LogP contribution < -0.4 is 9.64 Å². The largest absolute Gasteiger partial charge is 0.481 e. The maximum Gasteiger partial charge on any atom is 0.263 e. The van der Waals surface area contributed by atoms with E-state index in [-0.39, 0.29) is 5.91 Å². The average Bonchev–Trinajstić information content (AvgIpc) is 3.30. The van der Waals surface area contributed by atoms with Crippen LogP contribution in [0.15, 0.2) is 54.6 Å². The smallest absolute Gasteiger partial charge is 0.263 e. The summed E-state index contributed by atoms with van der Waals surface area (Å²) < 4.78 is 8.90. The minimum atomic E-state index is -0.514. The Morgan fingerprint density at radius 1 is 1.00 bits per heavy atom. The first-order chi connectivity index (χ1) is 16.5. The van der Waals surface area contributed by atoms with Crippen LogP contribution in [0.2, 0.25) is 0 Å². The third kappa shape index (κ3) is 4.50. The molecule has 5 rings (SSSR count). The zero-order valence-electron chi connectivity index (χ0n) is 19.8. The summed E-state index contributed by atoms with van der Waals surface area (Å²) in [5, 5.41) is 5.71. The van der Waals surface area contributed by atoms with Crippen molar-refractivity contribution in [2.45, 2.75) is 33.3 Å². The highest BCUT2D eigenvalue weighted by molar-refractivity contribution is 7.22. The zero-order chi connectivity index (χ0) is 23.7. The second-order valence-corrected chi connectivity index (χ2v) is 9.70. The molecule has 4 aromatic rings. The fraction of sp³-hybridized carbons (Fsp3) is 0.346. The SMILES string of the molecule is Cc1ccc(-n2nc(C)c3sc(N4CCCN(C(=O)C(C)Oc5ccccc5)CC4)nc32)cc1. The standard InChI is InChI=1S/C26H29N5O2S/c1-18-10-12-21(13-11-18)31-24-23(19(2)28-31)34-26(27-24)30-15-7-14-29(16-17-30)25(32)20(3)33-22-8-5-4-6-9-22/h4-6,8-13,20H,7,14-17H2,1-3H3. The van der Waals surface area contributed by atoms with Gasteiger partial charge in [-0.2, -0.15) is 10.1 Å². The highest BCUT2D eigenvalue weighted by Crippen LogP contribution is 2.33. The number of carbonyl (C=O) groups is 1. The summed E-state index contributed by atoms with van der Waals surface area (Å²) in [6, 6.07) is 17.8. The van der Waals surface area contributed by atoms with E-state index in [2.05, 4.69) is 36.1 Å². The molecule has 7 nitrogen and oxygen atoms in total. The van der Waals surface area contributed by atoms with Crippen molar-refractivity contribution in [1.82, 2.24) is 19.7 Å². The Balaban J connectivity index is 1.30. The molecule has 0 N–H and O–H groups in total. The van der Waals surface area contributed by atoms with Crippen LogP contribution in [-0.4, -0.2) is 57.9 Å². The molecule has 0 aliphatic carbocycles. The molecule has 1 fully saturated rings. The van der Waals surface area contributed by atoms with Gasteiger partial charge in [-0.1, -0.05) is 47.2 Å². The van der Waals surface area contributed by atoms with E-state index in [4.69, 9.17) is 14.8 Å². The van der Waals surface area contributed by atoms with Gasteiger partial charge in [0.25, 0.3) is 5.91 Å². The topological polar surface area (TPSA) is 63.5 Å². The minimum absolute atomic E-state index is 0.0286. The number of rotatable bonds is 5. The second-order valence-electron chi connectivity index (χ2n) is 8.72. The van der Waals surface area contributed by atoms with Crippen molar-refractivity contribution in [2.75, 3.05) is 31.1 Å². The van der Waals surface area contributed by atoms with Crippen molar-refractivity contribution in [2.24, 2.45) is 0 Å². The lowest BCUT2D eigenvalue weighted by molar-refractivity contribution is -0.137. The van der Waals surface area contributed by atoms with Crippen LogP contribution >= 0.6 is 11.3 Å². The highest BCUT2D eigenvalue weighted by Gasteiger charge is 2.26. The molecule has 1 atom stereocenters. The number of nitrogens with zero attached hydrogens (tertiary/aromatic N) is 5. The first-order valence-corrected chi connectivity index (χ1v) is 12.5. The summed E-state index contributed by atoms with van der Waals surface area (Å²) in [4.78, 5) is 22.2. The summed E-state index contributed by atoms with van der Waals surface area (Å²) in [6.45, 7) is 8.93. The van der Waals surface area contributed by atoms with Crippen LogP contribution in [0, 0.1) is 13.8 Å². The van der Waals surface area contributed by atoms with E-state index in [1.807, 2.05) is 53.8 Å². The van der Waals surface area contributed by atoms with Gasteiger partial charge in [-0.3, -0.25) is 4.79 Å². The van der Waals surface area contributed by atoms with E-state index in [1.54, 1.807) is 11.3 Å². The Hall–Kier alpha value is -3.39. The quantitative estimate of drug-likeness (QED) is 0.422. The molecule has 2 aromatic carbocycles. The average molecular weight is 476 g/mol. The summed E-state index contributed by atoms with van der Waals surface area (Å²) in [7, 11) is 0. The van der Waals surface area contributed by atoms with Gasteiger partial charge in [-0.25, -0.2) is 4.68 Å². The van der Waals surface area contributed by atoms with Gasteiger partial charge in [0.05, 0.1) is 16.1 Å². The Labute approximate surface area is 203 Å². The fourth-order valence-electron chi connectivity index (χ4n) is 4.26. The molecule has 1 saturated heterocycles. The Kier molecular flexibility index (Phi) is 6.24. The third-order valence-corrected chi connectivity index (χ3v) is 7.35. The van der Waals surface area contributed by atoms with Crippen LogP contribution in [0.25, 0.3) is 16.0 Å². The van der Waals surface area contributed by atoms with E-state index in [9.17, 15) is 4.79 Å². The number of thiazole rings is 1. The lowest BCUT2D eigenvalue weighted by Crippen LogP contribution is -2.42. The monoisotopic (exact) mass is 475 g/mol. The van der Waals surface area contributed by atoms with Gasteiger partial charge in [0.2, 0.25) is 0 Å². The number of carbonyl (C=O) groups excluding carboxylic acids is 1. The van der Waals surface area contributed by atoms with Crippen LogP contribution in [-0.2, 0) is 4.79 Å². The van der Waals surface area contributed by atoms with Crippen LogP contribution in [0.4, 0.5) is 5.13 Å². The number of hydrogen-bond donors (Lipinski definition) is 0. The highest BCUT2D eigenvalue weighted by atomic mass is 32.1. The van der Waals surface area contributed by atoms with Crippen molar-refractivity contribution >= 4 is 32.7 Å². The van der Waals surface area contributed by atoms with Gasteiger partial charge >= 0.3 is 0 Å². The van der Waals surface area contributed by atoms with Crippen LogP contribution in [0.3, 0.4) is 0 Å². The molecule has 0 bridgehead atoms. The molecule has 3 heterocycles. The summed E-state index contributed by atoms with van der Waals surface area (Å²) in [5.41, 5.74) is 4.11. The number of benzene rings is 2. The molecule has 1 unspecified atom stereocenters. The van der Waals surface area contributed by atoms with Crippen molar-refractivity contribution in [3.8, 4) is 11.4 Å². The lowest BCUT2D eigenvalue weighted by atomic mass is 10.2. The van der Waals surface area contributed by atoms with Gasteiger partial charge in [0, 0.05) is 26.2 Å². The molecule has 1 aliphatic rings. The molecule has 2 aromatic heterocycles. The van der Waals surface area contributed by atoms with Gasteiger partial charge in [0.1, 0.15) is 5.75 Å². The van der Waals surface area contributed by atoms with Gasteiger partial charge in [-0.15, -0.1) is 0 Å². The minimum Gasteiger partial charge on any atom is -0.481 e. The molecular weight excluding hydrogens is 446 g/mol. The number of anilines is 1. The number of ether oxygens (including phenoxy) is 1. The van der Waals surface area contributed by atoms with E-state index in [0.29, 0.717) is 12.3 Å². The summed E-state index contributed by atoms with van der Waals surface area (Å²) >= 11 is 1.68. The van der Waals surface area contributed by atoms with Gasteiger partial charge in [0.15, 0.2) is 16.9 Å². The molecular formula is C26H29N5O2S. The number of hydrogen-bond acceptors (Lipinski definition) is 6. The number of amides is 1. The third-order valence-electron chi connectivity index (χ3n) is 6.14. The summed E-state index contributed by atoms with van der Waals surface area (Å²) in [5.74, 6) is 0.744. The van der Waals surface area contributed by atoms with Crippen molar-refractivity contribution in [3.63, 3.8) is 0 Å². The van der Waals surface area contributed by atoms with E-state index in [1.165, 1.54) is 5.56 Å². The molecule has 34 heavy (non-hydrogen) atoms. The normalized spacial score (nSPS) is 15.4. The van der Waals surface area contributed by atoms with E-state index in [0.717, 1.165) is 52.9 Å².